The van der Waals surface area contributed by atoms with Crippen LogP contribution in [-0.4, -0.2) is 58.3 Å². The van der Waals surface area contributed by atoms with Crippen LogP contribution in [0.4, 0.5) is 11.6 Å². The number of nitrogens with zero attached hydrogens (tertiary/aromatic N) is 4. The van der Waals surface area contributed by atoms with E-state index >= 15 is 0 Å². The predicted octanol–water partition coefficient (Wildman–Crippen LogP) is 0.218. The first-order chi connectivity index (χ1) is 9.94. The van der Waals surface area contributed by atoms with E-state index in [0.29, 0.717) is 12.4 Å². The van der Waals surface area contributed by atoms with E-state index in [1.807, 2.05) is 13.8 Å². The molecule has 2 rings (SSSR count). The first kappa shape index (κ1) is 15.9. The van der Waals surface area contributed by atoms with Crippen LogP contribution < -0.4 is 16.2 Å². The van der Waals surface area contributed by atoms with Crippen LogP contribution >= 0.6 is 0 Å². The molecule has 118 valence electrons. The number of nitrogens with one attached hydrogen (secondary N) is 1. The van der Waals surface area contributed by atoms with Gasteiger partial charge in [0.05, 0.1) is 5.60 Å². The molecule has 7 heteroatoms. The smallest absolute Gasteiger partial charge is 0.148 e. The van der Waals surface area contributed by atoms with Gasteiger partial charge in [-0.1, -0.05) is 6.92 Å². The molecule has 1 aromatic heterocycles. The highest BCUT2D eigenvalue weighted by atomic mass is 16.3. The van der Waals surface area contributed by atoms with Crippen molar-refractivity contribution >= 4 is 11.6 Å². The fraction of sp³-hybridized carbons (Fsp3) is 0.714. The number of nitrogen functional groups attached to an aromatic ring is 1. The van der Waals surface area contributed by atoms with Gasteiger partial charge >= 0.3 is 0 Å². The van der Waals surface area contributed by atoms with E-state index in [2.05, 4.69) is 32.1 Å². The number of hydrogen-bond acceptors (Lipinski definition) is 7. The number of hydrogen-bond donors (Lipinski definition) is 3. The highest BCUT2D eigenvalue weighted by Gasteiger charge is 2.24. The van der Waals surface area contributed by atoms with Crippen molar-refractivity contribution in [1.29, 1.82) is 0 Å². The highest BCUT2D eigenvalue weighted by Crippen LogP contribution is 2.24. The Kier molecular flexibility index (Phi) is 4.97. The van der Waals surface area contributed by atoms with Crippen molar-refractivity contribution in [2.24, 2.45) is 5.84 Å². The summed E-state index contributed by atoms with van der Waals surface area (Å²) in [6.45, 7) is 10.1. The Morgan fingerprint density at radius 1 is 1.29 bits per heavy atom. The first-order valence-electron chi connectivity index (χ1n) is 7.44. The van der Waals surface area contributed by atoms with Crippen LogP contribution in [0.5, 0.6) is 0 Å². The standard InChI is InChI=1S/C14H26N6O/c1-4-11-12(18-15)16-10-17-13(11)20-7-5-19(6-8-20)9-14(2,3)21/h10,21H,4-9,15H2,1-3H3,(H,16,17,18). The van der Waals surface area contributed by atoms with Gasteiger partial charge in [0.2, 0.25) is 0 Å². The number of hydrazine groups is 1. The number of anilines is 2. The van der Waals surface area contributed by atoms with Crippen LogP contribution in [0.1, 0.15) is 26.3 Å². The summed E-state index contributed by atoms with van der Waals surface area (Å²) in [4.78, 5) is 13.2. The number of nitrogens with two attached hydrogens (primary N) is 1. The minimum atomic E-state index is -0.650. The van der Waals surface area contributed by atoms with Crippen molar-refractivity contribution in [1.82, 2.24) is 14.9 Å². The number of piperazine rings is 1. The minimum Gasteiger partial charge on any atom is -0.389 e. The van der Waals surface area contributed by atoms with Gasteiger partial charge in [-0.25, -0.2) is 15.8 Å². The van der Waals surface area contributed by atoms with Crippen molar-refractivity contribution in [2.45, 2.75) is 32.8 Å². The van der Waals surface area contributed by atoms with E-state index in [-0.39, 0.29) is 0 Å². The van der Waals surface area contributed by atoms with Gasteiger partial charge < -0.3 is 15.4 Å². The summed E-state index contributed by atoms with van der Waals surface area (Å²) in [5.74, 6) is 7.18. The molecule has 2 heterocycles. The minimum absolute atomic E-state index is 0.650. The van der Waals surface area contributed by atoms with E-state index in [4.69, 9.17) is 5.84 Å². The maximum atomic E-state index is 9.91. The summed E-state index contributed by atoms with van der Waals surface area (Å²) in [6, 6.07) is 0. The zero-order valence-electron chi connectivity index (χ0n) is 13.1. The van der Waals surface area contributed by atoms with Crippen molar-refractivity contribution < 1.29 is 5.11 Å². The molecule has 21 heavy (non-hydrogen) atoms. The van der Waals surface area contributed by atoms with Crippen molar-refractivity contribution in [3.05, 3.63) is 11.9 Å². The molecule has 4 N–H and O–H groups in total. The first-order valence-corrected chi connectivity index (χ1v) is 7.44. The van der Waals surface area contributed by atoms with Crippen LogP contribution in [0.2, 0.25) is 0 Å². The summed E-state index contributed by atoms with van der Waals surface area (Å²) in [6.07, 6.45) is 2.38. The Balaban J connectivity index is 2.06. The molecule has 0 spiro atoms. The number of aliphatic hydroxyl groups is 1. The lowest BCUT2D eigenvalue weighted by Crippen LogP contribution is -2.51. The molecule has 0 unspecified atom stereocenters. The van der Waals surface area contributed by atoms with Gasteiger partial charge in [0.15, 0.2) is 0 Å². The Labute approximate surface area is 126 Å². The van der Waals surface area contributed by atoms with Crippen LogP contribution in [-0.2, 0) is 6.42 Å². The van der Waals surface area contributed by atoms with E-state index in [9.17, 15) is 5.11 Å². The van der Waals surface area contributed by atoms with Gasteiger partial charge in [0.1, 0.15) is 18.0 Å². The molecule has 0 radical (unpaired) electrons. The van der Waals surface area contributed by atoms with Crippen LogP contribution in [0.25, 0.3) is 0 Å². The average molecular weight is 294 g/mol. The normalized spacial score (nSPS) is 17.1. The highest BCUT2D eigenvalue weighted by molar-refractivity contribution is 5.58. The SMILES string of the molecule is CCc1c(NN)ncnc1N1CCN(CC(C)(C)O)CC1. The topological polar surface area (TPSA) is 90.5 Å². The molecule has 1 aromatic rings. The van der Waals surface area contributed by atoms with E-state index in [1.54, 1.807) is 6.33 Å². The molecule has 0 amide bonds. The summed E-state index contributed by atoms with van der Waals surface area (Å²) in [5.41, 5.74) is 3.05. The maximum Gasteiger partial charge on any atom is 0.148 e. The molecule has 0 aliphatic carbocycles. The van der Waals surface area contributed by atoms with Gasteiger partial charge in [-0.2, -0.15) is 0 Å². The second-order valence-corrected chi connectivity index (χ2v) is 6.10. The van der Waals surface area contributed by atoms with Crippen LogP contribution in [0.15, 0.2) is 6.33 Å². The summed E-state index contributed by atoms with van der Waals surface area (Å²) < 4.78 is 0. The number of aromatic nitrogens is 2. The van der Waals surface area contributed by atoms with Crippen LogP contribution in [0, 0.1) is 0 Å². The van der Waals surface area contributed by atoms with E-state index < -0.39 is 5.60 Å². The van der Waals surface area contributed by atoms with Gasteiger partial charge in [-0.05, 0) is 20.3 Å². The van der Waals surface area contributed by atoms with E-state index in [0.717, 1.165) is 44.0 Å². The maximum absolute atomic E-state index is 9.91. The molecule has 0 bridgehead atoms. The number of rotatable bonds is 5. The third-order valence-electron chi connectivity index (χ3n) is 3.70. The van der Waals surface area contributed by atoms with Crippen LogP contribution in [0.3, 0.4) is 0 Å². The predicted molar refractivity (Wildman–Crippen MR) is 84.2 cm³/mol. The summed E-state index contributed by atoms with van der Waals surface area (Å²) in [7, 11) is 0. The fourth-order valence-electron chi connectivity index (χ4n) is 2.79. The van der Waals surface area contributed by atoms with Gasteiger partial charge in [-0.15, -0.1) is 0 Å². The van der Waals surface area contributed by atoms with E-state index in [1.165, 1.54) is 0 Å². The second-order valence-electron chi connectivity index (χ2n) is 6.10. The van der Waals surface area contributed by atoms with Crippen molar-refractivity contribution in [3.63, 3.8) is 0 Å². The van der Waals surface area contributed by atoms with Gasteiger partial charge in [0.25, 0.3) is 0 Å². The zero-order valence-corrected chi connectivity index (χ0v) is 13.1. The van der Waals surface area contributed by atoms with Gasteiger partial charge in [-0.3, -0.25) is 4.90 Å². The quantitative estimate of drug-likeness (QED) is 0.528. The van der Waals surface area contributed by atoms with Crippen molar-refractivity contribution in [3.8, 4) is 0 Å². The second kappa shape index (κ2) is 6.55. The Morgan fingerprint density at radius 3 is 2.48 bits per heavy atom. The largest absolute Gasteiger partial charge is 0.389 e. The summed E-state index contributed by atoms with van der Waals surface area (Å²) >= 11 is 0. The lowest BCUT2D eigenvalue weighted by Gasteiger charge is -2.38. The average Bonchev–Trinajstić information content (AvgIpc) is 2.45. The molecule has 1 aliphatic rings. The third kappa shape index (κ3) is 4.03. The summed E-state index contributed by atoms with van der Waals surface area (Å²) in [5, 5.41) is 9.91. The molecular weight excluding hydrogens is 268 g/mol. The van der Waals surface area contributed by atoms with Crippen molar-refractivity contribution in [2.75, 3.05) is 43.0 Å². The molecule has 0 saturated carbocycles. The zero-order chi connectivity index (χ0) is 15.5. The molecule has 1 saturated heterocycles. The Hall–Kier alpha value is -1.44. The molecule has 0 atom stereocenters. The Bertz CT molecular complexity index is 465. The molecule has 1 aliphatic heterocycles. The molecule has 0 aromatic carbocycles. The lowest BCUT2D eigenvalue weighted by atomic mass is 10.1. The monoisotopic (exact) mass is 294 g/mol. The molecule has 1 fully saturated rings. The molecular formula is C14H26N6O. The lowest BCUT2D eigenvalue weighted by molar-refractivity contribution is 0.0344. The third-order valence-corrected chi connectivity index (χ3v) is 3.70. The Morgan fingerprint density at radius 2 is 1.95 bits per heavy atom. The van der Waals surface area contributed by atoms with Gasteiger partial charge in [0, 0.05) is 38.3 Å². The number of β-amino-alcohol motifs (C(OH)–C–C–N with tert-alkyl or cyclic N) is 1. The fourth-order valence-corrected chi connectivity index (χ4v) is 2.79. The molecule has 7 nitrogen and oxygen atoms in total.